The van der Waals surface area contributed by atoms with Gasteiger partial charge in [-0.3, -0.25) is 9.69 Å². The monoisotopic (exact) mass is 454 g/mol. The molecule has 1 aliphatic rings. The normalized spacial score (nSPS) is 15.9. The molecule has 3 heterocycles. The zero-order valence-electron chi connectivity index (χ0n) is 18.6. The van der Waals surface area contributed by atoms with Gasteiger partial charge < -0.3 is 10.1 Å². The van der Waals surface area contributed by atoms with Crippen LogP contribution >= 0.6 is 22.7 Å². The number of benzene rings is 1. The molecular weight excluding hydrogens is 424 g/mol. The van der Waals surface area contributed by atoms with Crippen molar-refractivity contribution in [1.29, 1.82) is 0 Å². The summed E-state index contributed by atoms with van der Waals surface area (Å²) in [6.45, 7) is 12.0. The van der Waals surface area contributed by atoms with E-state index in [9.17, 15) is 4.79 Å². The third-order valence-electron chi connectivity index (χ3n) is 6.01. The van der Waals surface area contributed by atoms with Crippen molar-refractivity contribution in [3.05, 3.63) is 73.8 Å². The van der Waals surface area contributed by atoms with Crippen LogP contribution in [0.5, 0.6) is 0 Å². The van der Waals surface area contributed by atoms with Gasteiger partial charge in [-0.25, -0.2) is 0 Å². The van der Waals surface area contributed by atoms with Crippen molar-refractivity contribution in [2.24, 2.45) is 0 Å². The molecule has 6 heteroatoms. The van der Waals surface area contributed by atoms with E-state index in [0.29, 0.717) is 5.92 Å². The summed E-state index contributed by atoms with van der Waals surface area (Å²) in [6.07, 6.45) is 0. The van der Waals surface area contributed by atoms with E-state index in [0.717, 1.165) is 36.2 Å². The lowest BCUT2D eigenvalue weighted by Crippen LogP contribution is -2.40. The van der Waals surface area contributed by atoms with Gasteiger partial charge in [0.1, 0.15) is 5.00 Å². The molecule has 1 N–H and O–H groups in total. The van der Waals surface area contributed by atoms with Crippen LogP contribution in [-0.2, 0) is 4.74 Å². The number of rotatable bonds is 6. The van der Waals surface area contributed by atoms with Crippen molar-refractivity contribution >= 4 is 33.6 Å². The number of aryl methyl sites for hydroxylation is 1. The summed E-state index contributed by atoms with van der Waals surface area (Å²) < 4.78 is 5.64. The Labute approximate surface area is 192 Å². The summed E-state index contributed by atoms with van der Waals surface area (Å²) in [7, 11) is 0. The molecule has 0 saturated carbocycles. The van der Waals surface area contributed by atoms with Gasteiger partial charge in [-0.15, -0.1) is 22.7 Å². The second-order valence-corrected chi connectivity index (χ2v) is 10.5. The van der Waals surface area contributed by atoms with Crippen LogP contribution in [0.2, 0.25) is 0 Å². The van der Waals surface area contributed by atoms with Crippen molar-refractivity contribution in [3.63, 3.8) is 0 Å². The topological polar surface area (TPSA) is 41.6 Å². The SMILES string of the molecule is Cc1sc(NC(=O)c2cccs2)c([C@@H](c2ccc(C(C)C)cc2)N2CCOCC2)c1C. The first-order valence-corrected chi connectivity index (χ1v) is 12.5. The van der Waals surface area contributed by atoms with Gasteiger partial charge in [0.2, 0.25) is 0 Å². The maximum Gasteiger partial charge on any atom is 0.266 e. The number of carbonyl (C=O) groups excluding carboxylic acids is 1. The molecule has 1 atom stereocenters. The largest absolute Gasteiger partial charge is 0.379 e. The number of morpholine rings is 1. The zero-order valence-corrected chi connectivity index (χ0v) is 20.2. The van der Waals surface area contributed by atoms with E-state index in [1.165, 1.54) is 38.5 Å². The molecule has 2 aromatic heterocycles. The predicted molar refractivity (Wildman–Crippen MR) is 131 cm³/mol. The molecular formula is C25H30N2O2S2. The molecule has 31 heavy (non-hydrogen) atoms. The van der Waals surface area contributed by atoms with E-state index in [4.69, 9.17) is 4.74 Å². The fraction of sp³-hybridized carbons (Fsp3) is 0.400. The minimum Gasteiger partial charge on any atom is -0.379 e. The highest BCUT2D eigenvalue weighted by Gasteiger charge is 2.30. The lowest BCUT2D eigenvalue weighted by molar-refractivity contribution is 0.0240. The molecule has 1 saturated heterocycles. The Morgan fingerprint density at radius 1 is 1.06 bits per heavy atom. The van der Waals surface area contributed by atoms with Crippen molar-refractivity contribution in [2.45, 2.75) is 39.7 Å². The van der Waals surface area contributed by atoms with Crippen LogP contribution in [0, 0.1) is 13.8 Å². The highest BCUT2D eigenvalue weighted by Crippen LogP contribution is 2.42. The summed E-state index contributed by atoms with van der Waals surface area (Å²) in [4.78, 5) is 17.3. The summed E-state index contributed by atoms with van der Waals surface area (Å²) in [5.41, 5.74) is 5.08. The third-order valence-corrected chi connectivity index (χ3v) is 8.01. The summed E-state index contributed by atoms with van der Waals surface area (Å²) in [5, 5.41) is 6.12. The number of hydrogen-bond donors (Lipinski definition) is 1. The van der Waals surface area contributed by atoms with Gasteiger partial charge in [0, 0.05) is 23.5 Å². The Bertz CT molecular complexity index is 1020. The average Bonchev–Trinajstić information content (AvgIpc) is 3.40. The van der Waals surface area contributed by atoms with E-state index < -0.39 is 0 Å². The fourth-order valence-electron chi connectivity index (χ4n) is 4.10. The minimum absolute atomic E-state index is 0.0339. The van der Waals surface area contributed by atoms with Gasteiger partial charge in [-0.1, -0.05) is 44.2 Å². The lowest BCUT2D eigenvalue weighted by Gasteiger charge is -2.36. The second kappa shape index (κ2) is 9.65. The smallest absolute Gasteiger partial charge is 0.266 e. The molecule has 1 amide bonds. The van der Waals surface area contributed by atoms with E-state index in [2.05, 4.69) is 62.2 Å². The third kappa shape index (κ3) is 4.77. The van der Waals surface area contributed by atoms with Gasteiger partial charge in [0.25, 0.3) is 5.91 Å². The molecule has 0 spiro atoms. The number of amides is 1. The Morgan fingerprint density at radius 2 is 1.74 bits per heavy atom. The number of anilines is 1. The molecule has 4 rings (SSSR count). The Balaban J connectivity index is 1.76. The Hall–Kier alpha value is -1.99. The highest BCUT2D eigenvalue weighted by atomic mass is 32.1. The summed E-state index contributed by atoms with van der Waals surface area (Å²) in [6, 6.07) is 12.9. The molecule has 164 valence electrons. The number of ether oxygens (including phenoxy) is 1. The van der Waals surface area contributed by atoms with Gasteiger partial charge in [0.05, 0.1) is 24.1 Å². The maximum absolute atomic E-state index is 12.9. The highest BCUT2D eigenvalue weighted by molar-refractivity contribution is 7.17. The van der Waals surface area contributed by atoms with E-state index in [1.54, 1.807) is 11.3 Å². The van der Waals surface area contributed by atoms with Gasteiger partial charge in [-0.2, -0.15) is 0 Å². The predicted octanol–water partition coefficient (Wildman–Crippen LogP) is 6.22. The van der Waals surface area contributed by atoms with Crippen LogP contribution < -0.4 is 5.32 Å². The van der Waals surface area contributed by atoms with Crippen molar-refractivity contribution in [2.75, 3.05) is 31.6 Å². The lowest BCUT2D eigenvalue weighted by atomic mass is 9.92. The maximum atomic E-state index is 12.9. The number of hydrogen-bond acceptors (Lipinski definition) is 5. The summed E-state index contributed by atoms with van der Waals surface area (Å²) in [5.74, 6) is 0.468. The quantitative estimate of drug-likeness (QED) is 0.480. The Morgan fingerprint density at radius 3 is 2.35 bits per heavy atom. The van der Waals surface area contributed by atoms with Crippen LogP contribution in [-0.4, -0.2) is 37.1 Å². The van der Waals surface area contributed by atoms with Crippen molar-refractivity contribution < 1.29 is 9.53 Å². The minimum atomic E-state index is -0.0339. The first-order chi connectivity index (χ1) is 15.0. The second-order valence-electron chi connectivity index (χ2n) is 8.33. The van der Waals surface area contributed by atoms with Crippen LogP contribution in [0.4, 0.5) is 5.00 Å². The molecule has 0 bridgehead atoms. The van der Waals surface area contributed by atoms with E-state index in [-0.39, 0.29) is 11.9 Å². The first-order valence-electron chi connectivity index (χ1n) is 10.8. The van der Waals surface area contributed by atoms with Crippen LogP contribution in [0.1, 0.15) is 62.6 Å². The standard InChI is InChI=1S/C25H30N2O2S2/c1-16(2)19-7-9-20(10-8-19)23(27-11-13-29-14-12-27)22-17(3)18(4)31-25(22)26-24(28)21-6-5-15-30-21/h5-10,15-16,23H,11-14H2,1-4H3,(H,26,28)/t23-/m1/s1. The number of thiophene rings is 2. The molecule has 0 radical (unpaired) electrons. The van der Waals surface area contributed by atoms with Crippen LogP contribution in [0.25, 0.3) is 0 Å². The molecule has 4 nitrogen and oxygen atoms in total. The molecule has 3 aromatic rings. The van der Waals surface area contributed by atoms with Crippen molar-refractivity contribution in [1.82, 2.24) is 4.90 Å². The molecule has 1 aromatic carbocycles. The number of nitrogens with one attached hydrogen (secondary N) is 1. The molecule has 1 fully saturated rings. The van der Waals surface area contributed by atoms with Gasteiger partial charge in [0.15, 0.2) is 0 Å². The Kier molecular flexibility index (Phi) is 6.92. The van der Waals surface area contributed by atoms with Gasteiger partial charge >= 0.3 is 0 Å². The van der Waals surface area contributed by atoms with Gasteiger partial charge in [-0.05, 0) is 47.9 Å². The van der Waals surface area contributed by atoms with Crippen LogP contribution in [0.15, 0.2) is 41.8 Å². The fourth-order valence-corrected chi connectivity index (χ4v) is 5.80. The van der Waals surface area contributed by atoms with Crippen molar-refractivity contribution in [3.8, 4) is 0 Å². The van der Waals surface area contributed by atoms with Crippen LogP contribution in [0.3, 0.4) is 0 Å². The van der Waals surface area contributed by atoms with E-state index >= 15 is 0 Å². The zero-order chi connectivity index (χ0) is 22.0. The molecule has 0 aliphatic carbocycles. The number of carbonyl (C=O) groups is 1. The first kappa shape index (κ1) is 22.2. The number of nitrogens with zero attached hydrogens (tertiary/aromatic N) is 1. The molecule has 0 unspecified atom stereocenters. The summed E-state index contributed by atoms with van der Waals surface area (Å²) >= 11 is 3.15. The van der Waals surface area contributed by atoms with E-state index in [1.807, 2.05) is 17.5 Å². The average molecular weight is 455 g/mol. The molecule has 1 aliphatic heterocycles.